The van der Waals surface area contributed by atoms with Gasteiger partial charge in [0.15, 0.2) is 5.78 Å². The van der Waals surface area contributed by atoms with Crippen LogP contribution in [0.3, 0.4) is 0 Å². The van der Waals surface area contributed by atoms with E-state index < -0.39 is 0 Å². The molecule has 0 heterocycles. The Morgan fingerprint density at radius 3 is 2.80 bits per heavy atom. The lowest BCUT2D eigenvalue weighted by Crippen LogP contribution is -2.06. The number of aliphatic hydroxyl groups excluding tert-OH is 1. The first-order valence-corrected chi connectivity index (χ1v) is 3.54. The fourth-order valence-corrected chi connectivity index (χ4v) is 0.615. The van der Waals surface area contributed by atoms with Crippen molar-refractivity contribution in [3.63, 3.8) is 0 Å². The van der Waals surface area contributed by atoms with E-state index in [0.29, 0.717) is 19.3 Å². The van der Waals surface area contributed by atoms with Crippen LogP contribution in [0.2, 0.25) is 0 Å². The van der Waals surface area contributed by atoms with Crippen LogP contribution in [-0.2, 0) is 4.79 Å². The molecule has 0 aliphatic carbocycles. The summed E-state index contributed by atoms with van der Waals surface area (Å²) in [6, 6.07) is 0. The van der Waals surface area contributed by atoms with Crippen LogP contribution in [0.5, 0.6) is 0 Å². The summed E-state index contributed by atoms with van der Waals surface area (Å²) in [5.41, 5.74) is 0. The summed E-state index contributed by atoms with van der Waals surface area (Å²) in [5.74, 6) is 0.00694. The molecule has 0 aliphatic rings. The van der Waals surface area contributed by atoms with Crippen LogP contribution in [-0.4, -0.2) is 17.0 Å². The highest BCUT2D eigenvalue weighted by Crippen LogP contribution is 2.01. The van der Waals surface area contributed by atoms with E-state index in [0.717, 1.165) is 0 Å². The minimum Gasteiger partial charge on any atom is -0.393 e. The van der Waals surface area contributed by atoms with Gasteiger partial charge in [-0.1, -0.05) is 13.5 Å². The summed E-state index contributed by atoms with van der Waals surface area (Å²) in [4.78, 5) is 10.6. The Hall–Kier alpha value is -0.630. The first kappa shape index (κ1) is 9.37. The third kappa shape index (κ3) is 4.27. The molecule has 0 saturated carbocycles. The number of ketones is 1. The van der Waals surface area contributed by atoms with Crippen LogP contribution in [0.15, 0.2) is 12.7 Å². The maximum absolute atomic E-state index is 10.6. The van der Waals surface area contributed by atoms with Gasteiger partial charge in [0.05, 0.1) is 6.10 Å². The van der Waals surface area contributed by atoms with Crippen LogP contribution < -0.4 is 0 Å². The van der Waals surface area contributed by atoms with Crippen molar-refractivity contribution in [2.24, 2.45) is 0 Å². The smallest absolute Gasteiger partial charge is 0.155 e. The van der Waals surface area contributed by atoms with Gasteiger partial charge in [0.2, 0.25) is 0 Å². The Labute approximate surface area is 61.6 Å². The van der Waals surface area contributed by atoms with Gasteiger partial charge in [0.25, 0.3) is 0 Å². The molecule has 2 nitrogen and oxygen atoms in total. The molecule has 2 heteroatoms. The molecule has 0 aromatic carbocycles. The molecular weight excluding hydrogens is 128 g/mol. The lowest BCUT2D eigenvalue weighted by molar-refractivity contribution is -0.115. The van der Waals surface area contributed by atoms with Crippen molar-refractivity contribution in [3.05, 3.63) is 12.7 Å². The fourth-order valence-electron chi connectivity index (χ4n) is 0.615. The molecule has 0 rings (SSSR count). The van der Waals surface area contributed by atoms with Crippen molar-refractivity contribution in [1.82, 2.24) is 0 Å². The minimum atomic E-state index is -0.330. The van der Waals surface area contributed by atoms with Gasteiger partial charge in [-0.3, -0.25) is 4.79 Å². The number of hydrogen-bond acceptors (Lipinski definition) is 2. The lowest BCUT2D eigenvalue weighted by Gasteiger charge is -2.03. The normalized spacial score (nSPS) is 12.6. The van der Waals surface area contributed by atoms with Gasteiger partial charge in [0, 0.05) is 6.42 Å². The molecule has 0 bridgehead atoms. The van der Waals surface area contributed by atoms with Gasteiger partial charge in [0.1, 0.15) is 0 Å². The molecule has 0 spiro atoms. The third-order valence-corrected chi connectivity index (χ3v) is 1.42. The second kappa shape index (κ2) is 5.18. The zero-order chi connectivity index (χ0) is 7.98. The summed E-state index contributed by atoms with van der Waals surface area (Å²) in [5, 5.41) is 9.02. The zero-order valence-corrected chi connectivity index (χ0v) is 6.34. The van der Waals surface area contributed by atoms with Crippen LogP contribution in [0, 0.1) is 0 Å². The van der Waals surface area contributed by atoms with Crippen molar-refractivity contribution < 1.29 is 9.90 Å². The van der Waals surface area contributed by atoms with E-state index in [-0.39, 0.29) is 11.9 Å². The Morgan fingerprint density at radius 2 is 2.40 bits per heavy atom. The molecular formula is C8H14O2. The second-order valence-electron chi connectivity index (χ2n) is 2.27. The number of carbonyl (C=O) groups is 1. The SMILES string of the molecule is C=CC(=O)CCC(O)CC. The maximum atomic E-state index is 10.6. The zero-order valence-electron chi connectivity index (χ0n) is 6.34. The van der Waals surface area contributed by atoms with Gasteiger partial charge >= 0.3 is 0 Å². The van der Waals surface area contributed by atoms with Gasteiger partial charge in [-0.15, -0.1) is 0 Å². The molecule has 1 N–H and O–H groups in total. The summed E-state index contributed by atoms with van der Waals surface area (Å²) >= 11 is 0. The Morgan fingerprint density at radius 1 is 1.80 bits per heavy atom. The van der Waals surface area contributed by atoms with E-state index in [4.69, 9.17) is 5.11 Å². The van der Waals surface area contributed by atoms with Crippen LogP contribution in [0.4, 0.5) is 0 Å². The average molecular weight is 142 g/mol. The molecule has 10 heavy (non-hydrogen) atoms. The highest BCUT2D eigenvalue weighted by molar-refractivity contribution is 5.88. The average Bonchev–Trinajstić information content (AvgIpc) is 1.99. The fraction of sp³-hybridized carbons (Fsp3) is 0.625. The van der Waals surface area contributed by atoms with Crippen molar-refractivity contribution in [3.8, 4) is 0 Å². The van der Waals surface area contributed by atoms with E-state index in [1.54, 1.807) is 0 Å². The third-order valence-electron chi connectivity index (χ3n) is 1.42. The van der Waals surface area contributed by atoms with Crippen molar-refractivity contribution >= 4 is 5.78 Å². The highest BCUT2D eigenvalue weighted by Gasteiger charge is 2.02. The molecule has 0 amide bonds. The summed E-state index contributed by atoms with van der Waals surface area (Å²) < 4.78 is 0. The van der Waals surface area contributed by atoms with Gasteiger partial charge < -0.3 is 5.11 Å². The predicted molar refractivity (Wildman–Crippen MR) is 40.7 cm³/mol. The maximum Gasteiger partial charge on any atom is 0.155 e. The van der Waals surface area contributed by atoms with Gasteiger partial charge in [-0.25, -0.2) is 0 Å². The van der Waals surface area contributed by atoms with Crippen molar-refractivity contribution in [2.75, 3.05) is 0 Å². The number of carbonyl (C=O) groups excluding carboxylic acids is 1. The number of aliphatic hydroxyl groups is 1. The number of allylic oxidation sites excluding steroid dienone is 1. The largest absolute Gasteiger partial charge is 0.393 e. The number of hydrogen-bond donors (Lipinski definition) is 1. The monoisotopic (exact) mass is 142 g/mol. The molecule has 0 radical (unpaired) electrons. The molecule has 0 aromatic heterocycles. The highest BCUT2D eigenvalue weighted by atomic mass is 16.3. The molecule has 58 valence electrons. The van der Waals surface area contributed by atoms with Crippen LogP contribution in [0.1, 0.15) is 26.2 Å². The number of rotatable bonds is 5. The van der Waals surface area contributed by atoms with Crippen LogP contribution >= 0.6 is 0 Å². The second-order valence-corrected chi connectivity index (χ2v) is 2.27. The summed E-state index contributed by atoms with van der Waals surface area (Å²) in [6.45, 7) is 5.23. The summed E-state index contributed by atoms with van der Waals surface area (Å²) in [7, 11) is 0. The lowest BCUT2D eigenvalue weighted by atomic mass is 10.1. The van der Waals surface area contributed by atoms with Gasteiger partial charge in [-0.05, 0) is 18.9 Å². The first-order chi connectivity index (χ1) is 4.70. The van der Waals surface area contributed by atoms with E-state index in [2.05, 4.69) is 6.58 Å². The molecule has 0 saturated heterocycles. The Bertz CT molecular complexity index is 118. The van der Waals surface area contributed by atoms with Crippen molar-refractivity contribution in [2.45, 2.75) is 32.3 Å². The van der Waals surface area contributed by atoms with E-state index in [9.17, 15) is 4.79 Å². The van der Waals surface area contributed by atoms with Crippen molar-refractivity contribution in [1.29, 1.82) is 0 Å². The first-order valence-electron chi connectivity index (χ1n) is 3.54. The quantitative estimate of drug-likeness (QED) is 0.587. The minimum absolute atomic E-state index is 0.00694. The standard InChI is InChI=1S/C8H14O2/c1-3-7(9)5-6-8(10)4-2/h3,8,10H,1,4-6H2,2H3. The van der Waals surface area contributed by atoms with E-state index in [1.807, 2.05) is 6.92 Å². The topological polar surface area (TPSA) is 37.3 Å². The van der Waals surface area contributed by atoms with Crippen LogP contribution in [0.25, 0.3) is 0 Å². The summed E-state index contributed by atoms with van der Waals surface area (Å²) in [6.07, 6.45) is 2.65. The Kier molecular flexibility index (Phi) is 4.85. The molecule has 0 aliphatic heterocycles. The van der Waals surface area contributed by atoms with Gasteiger partial charge in [-0.2, -0.15) is 0 Å². The predicted octanol–water partition coefficient (Wildman–Crippen LogP) is 1.29. The molecule has 1 unspecified atom stereocenters. The molecule has 1 atom stereocenters. The molecule has 0 fully saturated rings. The van der Waals surface area contributed by atoms with E-state index in [1.165, 1.54) is 6.08 Å². The van der Waals surface area contributed by atoms with E-state index >= 15 is 0 Å². The molecule has 0 aromatic rings. The Balaban J connectivity index is 3.34.